The predicted octanol–water partition coefficient (Wildman–Crippen LogP) is 31.3. The van der Waals surface area contributed by atoms with E-state index in [1.807, 2.05) is 0 Å². The Bertz CT molecular complexity index is 1840. The van der Waals surface area contributed by atoms with Gasteiger partial charge < -0.3 is 22.6 Å². The summed E-state index contributed by atoms with van der Waals surface area (Å²) in [7, 11) is -2.99. The molecule has 0 aromatic heterocycles. The Morgan fingerprint density at radius 1 is 0.284 bits per heavy atom. The molecule has 0 unspecified atom stereocenters. The van der Waals surface area contributed by atoms with Gasteiger partial charge in [-0.25, -0.2) is 0 Å². The van der Waals surface area contributed by atoms with Crippen LogP contribution < -0.4 is 9.05 Å². The van der Waals surface area contributed by atoms with Gasteiger partial charge in [0, 0.05) is 0 Å². The molecule has 0 saturated heterocycles. The molecule has 2 aromatic rings. The van der Waals surface area contributed by atoms with E-state index >= 15 is 0 Å². The first kappa shape index (κ1) is 86.1. The van der Waals surface area contributed by atoms with Gasteiger partial charge in [-0.3, -0.25) is 4.52 Å². The fraction of sp³-hybridized carbons (Fsp3) is 0.862. The number of para-hydroxylation sites is 2. The van der Waals surface area contributed by atoms with Crippen LogP contribution in [0.3, 0.4) is 0 Å². The highest BCUT2D eigenvalue weighted by molar-refractivity contribution is 7.42. The molecule has 0 spiro atoms. The largest absolute Gasteiger partial charge is 0.463 e. The third kappa shape index (κ3) is 44.7. The van der Waals surface area contributed by atoms with E-state index in [1.54, 1.807) is 0 Å². The van der Waals surface area contributed by atoms with Crippen molar-refractivity contribution in [3.63, 3.8) is 0 Å². The second-order valence-electron chi connectivity index (χ2n) is 31.0. The van der Waals surface area contributed by atoms with E-state index in [2.05, 4.69) is 90.1 Å². The maximum absolute atomic E-state index is 7.15. The molecule has 2 fully saturated rings. The van der Waals surface area contributed by atoms with Gasteiger partial charge in [0.25, 0.3) is 0 Å². The predicted molar refractivity (Wildman–Crippen MR) is 418 cm³/mol. The van der Waals surface area contributed by atoms with Crippen LogP contribution in [-0.2, 0) is 30.9 Å². The van der Waals surface area contributed by atoms with Crippen LogP contribution in [0, 0.1) is 17.3 Å². The first-order valence-corrected chi connectivity index (χ1v) is 44.8. The van der Waals surface area contributed by atoms with Crippen LogP contribution in [0.5, 0.6) is 11.5 Å². The third-order valence-corrected chi connectivity index (χ3v) is 24.6. The lowest BCUT2D eigenvalue weighted by atomic mass is 9.60. The van der Waals surface area contributed by atoms with Crippen molar-refractivity contribution in [2.75, 3.05) is 13.2 Å². The zero-order valence-electron chi connectivity index (χ0n) is 64.0. The average Bonchev–Trinajstić information content (AvgIpc) is 0.891. The van der Waals surface area contributed by atoms with Gasteiger partial charge in [0.1, 0.15) is 11.5 Å². The lowest BCUT2D eigenvalue weighted by Crippen LogP contribution is -2.39. The van der Waals surface area contributed by atoms with Crippen LogP contribution >= 0.6 is 17.2 Å². The topological polar surface area (TPSA) is 55.4 Å². The monoisotopic (exact) mass is 1360 g/mol. The SMILES string of the molecule is CCCCCCCCCCCCCCCOP(OCCCCCCCCCCCCCCC)OC1CCC(C(C)(C)C2CCC(OP(Oc3ccccc3CCCCCCCCCCCCCCC)Oc3ccccc3CCCCCCCCCCCCCCC)CC2)CC1. The normalized spacial score (nSPS) is 17.0. The van der Waals surface area contributed by atoms with Gasteiger partial charge in [0.05, 0.1) is 25.4 Å². The number of hydrogen-bond donors (Lipinski definition) is 0. The second kappa shape index (κ2) is 61.4. The van der Waals surface area contributed by atoms with Gasteiger partial charge in [0.2, 0.25) is 0 Å². The van der Waals surface area contributed by atoms with E-state index < -0.39 is 17.2 Å². The summed E-state index contributed by atoms with van der Waals surface area (Å²) in [4.78, 5) is 0. The minimum Gasteiger partial charge on any atom is -0.417 e. The van der Waals surface area contributed by atoms with Gasteiger partial charge in [-0.2, -0.15) is 0 Å². The molecular formula is C87H158O6P2. The highest BCUT2D eigenvalue weighted by atomic mass is 31.2. The van der Waals surface area contributed by atoms with Gasteiger partial charge in [-0.15, -0.1) is 0 Å². The van der Waals surface area contributed by atoms with Crippen LogP contribution in [0.15, 0.2) is 48.5 Å². The van der Waals surface area contributed by atoms with E-state index in [0.717, 1.165) is 76.1 Å². The molecule has 2 saturated carbocycles. The molecule has 0 N–H and O–H groups in total. The summed E-state index contributed by atoms with van der Waals surface area (Å²) >= 11 is 0. The van der Waals surface area contributed by atoms with Crippen LogP contribution in [0.4, 0.5) is 0 Å². The fourth-order valence-corrected chi connectivity index (χ4v) is 18.0. The zero-order chi connectivity index (χ0) is 67.4. The van der Waals surface area contributed by atoms with Crippen molar-refractivity contribution < 1.29 is 27.1 Å². The summed E-state index contributed by atoms with van der Waals surface area (Å²) in [6.45, 7) is 16.0. The molecule has 552 valence electrons. The van der Waals surface area contributed by atoms with Crippen LogP contribution in [0.25, 0.3) is 0 Å². The number of aryl methyl sites for hydroxylation is 2. The van der Waals surface area contributed by atoms with Gasteiger partial charge in [-0.1, -0.05) is 386 Å². The molecule has 2 aliphatic carbocycles. The van der Waals surface area contributed by atoms with Gasteiger partial charge >= 0.3 is 17.2 Å². The van der Waals surface area contributed by atoms with Crippen molar-refractivity contribution in [1.82, 2.24) is 0 Å². The summed E-state index contributed by atoms with van der Waals surface area (Å²) in [6.07, 6.45) is 82.6. The Kier molecular flexibility index (Phi) is 55.7. The molecule has 0 amide bonds. The number of rotatable bonds is 68. The molecule has 0 radical (unpaired) electrons. The van der Waals surface area contributed by atoms with Crippen molar-refractivity contribution in [3.8, 4) is 11.5 Å². The third-order valence-electron chi connectivity index (χ3n) is 22.2. The molecule has 2 aliphatic rings. The molecule has 0 heterocycles. The lowest BCUT2D eigenvalue weighted by molar-refractivity contribution is 0.00529. The van der Waals surface area contributed by atoms with Crippen molar-refractivity contribution in [1.29, 1.82) is 0 Å². The summed E-state index contributed by atoms with van der Waals surface area (Å²) in [6, 6.07) is 17.5. The van der Waals surface area contributed by atoms with E-state index in [4.69, 9.17) is 27.1 Å². The van der Waals surface area contributed by atoms with Crippen LogP contribution in [-0.4, -0.2) is 25.4 Å². The van der Waals surface area contributed by atoms with Gasteiger partial charge in [0.15, 0.2) is 0 Å². The fourth-order valence-electron chi connectivity index (χ4n) is 15.5. The number of benzene rings is 2. The Balaban J connectivity index is 1.27. The lowest BCUT2D eigenvalue weighted by Gasteiger charge is -2.46. The Morgan fingerprint density at radius 3 is 0.789 bits per heavy atom. The Labute approximate surface area is 594 Å². The smallest absolute Gasteiger partial charge is 0.417 e. The molecular weight excluding hydrogens is 1200 g/mol. The van der Waals surface area contributed by atoms with Crippen molar-refractivity contribution in [3.05, 3.63) is 59.7 Å². The Hall–Kier alpha value is -1.26. The summed E-state index contributed by atoms with van der Waals surface area (Å²) in [5, 5.41) is 0. The van der Waals surface area contributed by atoms with Crippen LogP contribution in [0.1, 0.15) is 438 Å². The zero-order valence-corrected chi connectivity index (χ0v) is 65.8. The minimum absolute atomic E-state index is 0.123. The maximum atomic E-state index is 7.15. The molecule has 4 rings (SSSR count). The average molecular weight is 1360 g/mol. The number of unbranched alkanes of at least 4 members (excludes halogenated alkanes) is 48. The minimum atomic E-state index is -1.67. The van der Waals surface area contributed by atoms with E-state index in [-0.39, 0.29) is 17.6 Å². The molecule has 2 aromatic carbocycles. The Morgan fingerprint density at radius 2 is 0.516 bits per heavy atom. The molecule has 95 heavy (non-hydrogen) atoms. The maximum Gasteiger partial charge on any atom is 0.463 e. The standard InChI is InChI=1S/C87H158O6P2/c1-7-11-15-19-23-27-31-35-39-43-47-51-55-63-79-65-57-59-67-85(79)92-95(93-86-68-60-58-66-80(86)64-56-52-48-44-40-36-32-28-24-20-16-12-8-2)91-84-75-71-82(72-76-84)87(5,6)81-69-73-83(74-70-81)90-94(88-77-61-53-49-45-41-37-33-29-25-21-17-13-9-3)89-78-62-54-50-46-42-38-34-30-26-22-18-14-10-4/h57-60,65-68,81-84H,7-56,61-64,69-78H2,1-6H3. The molecule has 0 aliphatic heterocycles. The van der Waals surface area contributed by atoms with Gasteiger partial charge in [-0.05, 0) is 130 Å². The first-order chi connectivity index (χ1) is 46.9. The second-order valence-corrected chi connectivity index (χ2v) is 33.2. The molecule has 8 heteroatoms. The van der Waals surface area contributed by atoms with E-state index in [0.29, 0.717) is 11.8 Å². The quantitative estimate of drug-likeness (QED) is 0.0486. The molecule has 0 atom stereocenters. The highest BCUT2D eigenvalue weighted by Gasteiger charge is 2.42. The van der Waals surface area contributed by atoms with Crippen molar-refractivity contribution in [2.45, 2.75) is 452 Å². The number of hydrogen-bond acceptors (Lipinski definition) is 6. The summed E-state index contributed by atoms with van der Waals surface area (Å²) < 4.78 is 41.2. The van der Waals surface area contributed by atoms with Crippen molar-refractivity contribution >= 4 is 17.2 Å². The first-order valence-electron chi connectivity index (χ1n) is 42.6. The molecule has 6 nitrogen and oxygen atoms in total. The van der Waals surface area contributed by atoms with Crippen LogP contribution in [0.2, 0.25) is 0 Å². The van der Waals surface area contributed by atoms with Crippen molar-refractivity contribution in [2.24, 2.45) is 17.3 Å². The van der Waals surface area contributed by atoms with E-state index in [1.165, 1.54) is 358 Å². The van der Waals surface area contributed by atoms with E-state index in [9.17, 15) is 0 Å². The highest BCUT2D eigenvalue weighted by Crippen LogP contribution is 2.53. The summed E-state index contributed by atoms with van der Waals surface area (Å²) in [5.41, 5.74) is 2.83. The molecule has 0 bridgehead atoms. The summed E-state index contributed by atoms with van der Waals surface area (Å²) in [5.74, 6) is 3.24.